The van der Waals surface area contributed by atoms with Crippen LogP contribution in [0.15, 0.2) is 42.5 Å². The third-order valence-electron chi connectivity index (χ3n) is 5.39. The number of ether oxygens (including phenoxy) is 1. The van der Waals surface area contributed by atoms with Gasteiger partial charge in [0.1, 0.15) is 0 Å². The average Bonchev–Trinajstić information content (AvgIpc) is 3.11. The lowest BCUT2D eigenvalue weighted by molar-refractivity contribution is 0.0601. The van der Waals surface area contributed by atoms with Crippen molar-refractivity contribution in [2.45, 2.75) is 26.8 Å². The molecule has 4 rings (SSSR count). The van der Waals surface area contributed by atoms with Gasteiger partial charge in [-0.3, -0.25) is 5.10 Å². The molecule has 0 aliphatic heterocycles. The number of esters is 1. The molecule has 4 aromatic rings. The molecule has 0 saturated heterocycles. The standard InChI is InChI=1S/C23H24N4O2/c1-13(2)27(4)21-12-17-10-16(23(28)29-5)7-8-19(17)24-22(21)15-6-9-20-18(11-15)14(3)25-26-20/h6-13H,1-5H3,(H,25,26). The van der Waals surface area contributed by atoms with E-state index >= 15 is 0 Å². The van der Waals surface area contributed by atoms with Crippen molar-refractivity contribution in [2.24, 2.45) is 0 Å². The smallest absolute Gasteiger partial charge is 0.337 e. The molecule has 2 aromatic carbocycles. The first-order chi connectivity index (χ1) is 13.9. The summed E-state index contributed by atoms with van der Waals surface area (Å²) in [6.45, 7) is 6.30. The van der Waals surface area contributed by atoms with Crippen LogP contribution in [0.2, 0.25) is 0 Å². The number of rotatable bonds is 4. The summed E-state index contributed by atoms with van der Waals surface area (Å²) in [4.78, 5) is 19.1. The van der Waals surface area contributed by atoms with Gasteiger partial charge in [-0.25, -0.2) is 9.78 Å². The van der Waals surface area contributed by atoms with Gasteiger partial charge in [-0.1, -0.05) is 6.07 Å². The number of pyridine rings is 1. The van der Waals surface area contributed by atoms with Crippen LogP contribution in [-0.2, 0) is 4.74 Å². The fraction of sp³-hybridized carbons (Fsp3) is 0.261. The van der Waals surface area contributed by atoms with Gasteiger partial charge in [0, 0.05) is 35.1 Å². The zero-order valence-electron chi connectivity index (χ0n) is 17.3. The van der Waals surface area contributed by atoms with Crippen molar-refractivity contribution in [1.82, 2.24) is 15.2 Å². The van der Waals surface area contributed by atoms with Crippen LogP contribution in [0.4, 0.5) is 5.69 Å². The number of carbonyl (C=O) groups is 1. The molecule has 0 amide bonds. The number of nitrogens with one attached hydrogen (secondary N) is 1. The lowest BCUT2D eigenvalue weighted by atomic mass is 10.0. The van der Waals surface area contributed by atoms with Gasteiger partial charge in [0.2, 0.25) is 0 Å². The Morgan fingerprint density at radius 1 is 1.10 bits per heavy atom. The van der Waals surface area contributed by atoms with Crippen LogP contribution in [0.5, 0.6) is 0 Å². The number of aryl methyl sites for hydroxylation is 1. The molecule has 0 bridgehead atoms. The van der Waals surface area contributed by atoms with Gasteiger partial charge in [-0.15, -0.1) is 0 Å². The second kappa shape index (κ2) is 7.20. The fourth-order valence-electron chi connectivity index (χ4n) is 3.46. The third kappa shape index (κ3) is 3.31. The van der Waals surface area contributed by atoms with Crippen LogP contribution >= 0.6 is 0 Å². The molecule has 29 heavy (non-hydrogen) atoms. The predicted octanol–water partition coefficient (Wildman–Crippen LogP) is 4.72. The van der Waals surface area contributed by atoms with Gasteiger partial charge in [-0.2, -0.15) is 5.10 Å². The molecule has 0 aliphatic rings. The number of benzene rings is 2. The first-order valence-corrected chi connectivity index (χ1v) is 9.60. The van der Waals surface area contributed by atoms with Crippen molar-refractivity contribution in [3.63, 3.8) is 0 Å². The highest BCUT2D eigenvalue weighted by Gasteiger charge is 2.17. The highest BCUT2D eigenvalue weighted by atomic mass is 16.5. The van der Waals surface area contributed by atoms with E-state index in [1.54, 1.807) is 6.07 Å². The first kappa shape index (κ1) is 18.9. The Balaban J connectivity index is 1.96. The summed E-state index contributed by atoms with van der Waals surface area (Å²) in [5, 5.41) is 9.35. The lowest BCUT2D eigenvalue weighted by Gasteiger charge is -2.26. The SMILES string of the molecule is COC(=O)c1ccc2nc(-c3ccc4n[nH]c(C)c4c3)c(N(C)C(C)C)cc2c1. The number of hydrogen-bond donors (Lipinski definition) is 1. The maximum Gasteiger partial charge on any atom is 0.337 e. The van der Waals surface area contributed by atoms with Crippen molar-refractivity contribution >= 4 is 33.5 Å². The second-order valence-corrected chi connectivity index (χ2v) is 7.54. The van der Waals surface area contributed by atoms with E-state index in [0.29, 0.717) is 5.56 Å². The molecule has 0 radical (unpaired) electrons. The van der Waals surface area contributed by atoms with E-state index in [1.165, 1.54) is 7.11 Å². The van der Waals surface area contributed by atoms with Crippen molar-refractivity contribution in [3.8, 4) is 11.3 Å². The van der Waals surface area contributed by atoms with Gasteiger partial charge in [0.05, 0.1) is 35.1 Å². The minimum atomic E-state index is -0.351. The molecule has 0 aliphatic carbocycles. The molecular weight excluding hydrogens is 364 g/mol. The number of anilines is 1. The molecule has 6 heteroatoms. The summed E-state index contributed by atoms with van der Waals surface area (Å²) < 4.78 is 4.86. The summed E-state index contributed by atoms with van der Waals surface area (Å²) in [6, 6.07) is 14.0. The number of aromatic nitrogens is 3. The van der Waals surface area contributed by atoms with Gasteiger partial charge in [0.15, 0.2) is 0 Å². The Kier molecular flexibility index (Phi) is 4.70. The number of fused-ring (bicyclic) bond motifs is 2. The largest absolute Gasteiger partial charge is 0.465 e. The Morgan fingerprint density at radius 3 is 2.59 bits per heavy atom. The van der Waals surface area contributed by atoms with Crippen molar-refractivity contribution in [1.29, 1.82) is 0 Å². The molecule has 2 aromatic heterocycles. The number of H-pyrrole nitrogens is 1. The predicted molar refractivity (Wildman–Crippen MR) is 116 cm³/mol. The summed E-state index contributed by atoms with van der Waals surface area (Å²) in [5.41, 5.74) is 6.26. The molecule has 2 heterocycles. The Morgan fingerprint density at radius 2 is 1.86 bits per heavy atom. The molecule has 0 fully saturated rings. The molecule has 6 nitrogen and oxygen atoms in total. The average molecular weight is 388 g/mol. The van der Waals surface area contributed by atoms with E-state index in [4.69, 9.17) is 9.72 Å². The van der Waals surface area contributed by atoms with Gasteiger partial charge < -0.3 is 9.64 Å². The topological polar surface area (TPSA) is 71.1 Å². The van der Waals surface area contributed by atoms with Crippen LogP contribution in [0.25, 0.3) is 33.1 Å². The van der Waals surface area contributed by atoms with Crippen molar-refractivity contribution in [2.75, 3.05) is 19.1 Å². The number of methoxy groups -OCH3 is 1. The Hall–Kier alpha value is -3.41. The van der Waals surface area contributed by atoms with E-state index in [0.717, 1.165) is 44.4 Å². The number of carbonyl (C=O) groups excluding carboxylic acids is 1. The third-order valence-corrected chi connectivity index (χ3v) is 5.39. The molecule has 0 unspecified atom stereocenters. The second-order valence-electron chi connectivity index (χ2n) is 7.54. The van der Waals surface area contributed by atoms with Gasteiger partial charge >= 0.3 is 5.97 Å². The molecular formula is C23H24N4O2. The maximum atomic E-state index is 11.9. The van der Waals surface area contributed by atoms with Gasteiger partial charge in [-0.05, 0) is 57.2 Å². The number of hydrogen-bond acceptors (Lipinski definition) is 5. The lowest BCUT2D eigenvalue weighted by Crippen LogP contribution is -2.26. The molecule has 0 spiro atoms. The normalized spacial score (nSPS) is 11.4. The van der Waals surface area contributed by atoms with Crippen LogP contribution in [-0.4, -0.2) is 41.3 Å². The fourth-order valence-corrected chi connectivity index (χ4v) is 3.46. The molecule has 0 saturated carbocycles. The van der Waals surface area contributed by atoms with Crippen molar-refractivity contribution < 1.29 is 9.53 Å². The first-order valence-electron chi connectivity index (χ1n) is 9.60. The van der Waals surface area contributed by atoms with E-state index in [1.807, 2.05) is 25.1 Å². The van der Waals surface area contributed by atoms with Crippen LogP contribution < -0.4 is 4.90 Å². The van der Waals surface area contributed by atoms with E-state index in [-0.39, 0.29) is 12.0 Å². The minimum absolute atomic E-state index is 0.288. The summed E-state index contributed by atoms with van der Waals surface area (Å²) in [7, 11) is 3.45. The molecule has 148 valence electrons. The van der Waals surface area contributed by atoms with Crippen molar-refractivity contribution in [3.05, 3.63) is 53.7 Å². The van der Waals surface area contributed by atoms with E-state index < -0.39 is 0 Å². The quantitative estimate of drug-likeness (QED) is 0.512. The van der Waals surface area contributed by atoms with E-state index in [2.05, 4.69) is 54.2 Å². The molecule has 0 atom stereocenters. The van der Waals surface area contributed by atoms with Crippen LogP contribution in [0, 0.1) is 6.92 Å². The monoisotopic (exact) mass is 388 g/mol. The van der Waals surface area contributed by atoms with Gasteiger partial charge in [0.25, 0.3) is 0 Å². The van der Waals surface area contributed by atoms with Crippen LogP contribution in [0.3, 0.4) is 0 Å². The summed E-state index contributed by atoms with van der Waals surface area (Å²) >= 11 is 0. The summed E-state index contributed by atoms with van der Waals surface area (Å²) in [6.07, 6.45) is 0. The highest BCUT2D eigenvalue weighted by Crippen LogP contribution is 2.34. The van der Waals surface area contributed by atoms with Crippen LogP contribution in [0.1, 0.15) is 29.9 Å². The zero-order valence-corrected chi connectivity index (χ0v) is 17.3. The highest BCUT2D eigenvalue weighted by molar-refractivity contribution is 5.97. The Bertz CT molecular complexity index is 1230. The zero-order chi connectivity index (χ0) is 20.7. The number of nitrogens with zero attached hydrogens (tertiary/aromatic N) is 3. The van der Waals surface area contributed by atoms with E-state index in [9.17, 15) is 4.79 Å². The maximum absolute atomic E-state index is 11.9. The summed E-state index contributed by atoms with van der Waals surface area (Å²) in [5.74, 6) is -0.351. The minimum Gasteiger partial charge on any atom is -0.465 e. The Labute approximate surface area is 169 Å². The number of aromatic amines is 1. The molecule has 1 N–H and O–H groups in total.